The summed E-state index contributed by atoms with van der Waals surface area (Å²) < 4.78 is 0. The molecule has 0 heteroatoms. The monoisotopic (exact) mass is 316 g/mol. The summed E-state index contributed by atoms with van der Waals surface area (Å²) >= 11 is 0. The van der Waals surface area contributed by atoms with Gasteiger partial charge in [0.15, 0.2) is 0 Å². The highest BCUT2D eigenvalue weighted by Crippen LogP contribution is 2.57. The number of rotatable bonds is 2. The first kappa shape index (κ1) is 16.5. The predicted octanol–water partition coefficient (Wildman–Crippen LogP) is 6.79. The molecule has 132 valence electrons. The lowest BCUT2D eigenvalue weighted by Gasteiger charge is -2.45. The lowest BCUT2D eigenvalue weighted by molar-refractivity contribution is 0.0520. The molecule has 23 heavy (non-hydrogen) atoms. The average Bonchev–Trinajstić information content (AvgIpc) is 3.07. The highest BCUT2D eigenvalue weighted by Gasteiger charge is 2.49. The summed E-state index contributed by atoms with van der Waals surface area (Å²) in [5, 5.41) is 0. The van der Waals surface area contributed by atoms with Crippen molar-refractivity contribution in [3.8, 4) is 0 Å². The van der Waals surface area contributed by atoms with Crippen molar-refractivity contribution in [2.75, 3.05) is 0 Å². The van der Waals surface area contributed by atoms with Gasteiger partial charge in [-0.3, -0.25) is 0 Å². The largest absolute Gasteiger partial charge is 0.0620 e. The normalized spacial score (nSPS) is 56.3. The molecule has 4 aliphatic rings. The molecule has 0 bridgehead atoms. The van der Waals surface area contributed by atoms with Gasteiger partial charge in [0.05, 0.1) is 0 Å². The minimum absolute atomic E-state index is 0.946. The van der Waals surface area contributed by atoms with Crippen LogP contribution >= 0.6 is 0 Å². The Morgan fingerprint density at radius 3 is 1.96 bits per heavy atom. The molecule has 9 unspecified atom stereocenters. The Morgan fingerprint density at radius 2 is 1.22 bits per heavy atom. The molecule has 0 aromatic rings. The molecule has 4 rings (SSSR count). The third-order valence-electron chi connectivity index (χ3n) is 9.83. The van der Waals surface area contributed by atoms with Crippen molar-refractivity contribution in [3.05, 3.63) is 0 Å². The third kappa shape index (κ3) is 2.71. The number of hydrogen-bond donors (Lipinski definition) is 0. The van der Waals surface area contributed by atoms with E-state index in [0.717, 1.165) is 59.2 Å². The second-order valence-electron chi connectivity index (χ2n) is 10.3. The molecule has 0 radical (unpaired) electrons. The Labute approximate surface area is 145 Å². The smallest absolute Gasteiger partial charge is 0.0352 e. The summed E-state index contributed by atoms with van der Waals surface area (Å²) in [5.41, 5.74) is 0. The summed E-state index contributed by atoms with van der Waals surface area (Å²) in [6.45, 7) is 10.2. The minimum atomic E-state index is 0.946. The Morgan fingerprint density at radius 1 is 0.565 bits per heavy atom. The fraction of sp³-hybridized carbons (Fsp3) is 1.00. The van der Waals surface area contributed by atoms with E-state index in [1.54, 1.807) is 51.4 Å². The lowest BCUT2D eigenvalue weighted by Crippen LogP contribution is -2.36. The van der Waals surface area contributed by atoms with Gasteiger partial charge in [-0.05, 0) is 97.7 Å². The molecule has 4 aliphatic carbocycles. The van der Waals surface area contributed by atoms with E-state index in [2.05, 4.69) is 27.7 Å². The van der Waals surface area contributed by atoms with E-state index in [9.17, 15) is 0 Å². The maximum Gasteiger partial charge on any atom is -0.0352 e. The van der Waals surface area contributed by atoms with Gasteiger partial charge in [-0.1, -0.05) is 47.0 Å². The van der Waals surface area contributed by atoms with Crippen LogP contribution in [0.1, 0.15) is 85.5 Å². The van der Waals surface area contributed by atoms with Crippen molar-refractivity contribution < 1.29 is 0 Å². The van der Waals surface area contributed by atoms with Crippen LogP contribution in [0.15, 0.2) is 0 Å². The second-order valence-corrected chi connectivity index (χ2v) is 10.3. The number of fused-ring (bicyclic) bond motifs is 3. The van der Waals surface area contributed by atoms with E-state index in [4.69, 9.17) is 0 Å². The first-order valence-corrected chi connectivity index (χ1v) is 11.1. The number of hydrogen-bond acceptors (Lipinski definition) is 0. The molecule has 0 aromatic heterocycles. The van der Waals surface area contributed by atoms with Gasteiger partial charge in [-0.25, -0.2) is 0 Å². The fourth-order valence-corrected chi connectivity index (χ4v) is 8.02. The van der Waals surface area contributed by atoms with Crippen molar-refractivity contribution in [2.24, 2.45) is 59.2 Å². The van der Waals surface area contributed by atoms with E-state index < -0.39 is 0 Å². The van der Waals surface area contributed by atoms with Crippen LogP contribution in [-0.4, -0.2) is 0 Å². The van der Waals surface area contributed by atoms with E-state index in [1.165, 1.54) is 6.42 Å². The predicted molar refractivity (Wildman–Crippen MR) is 99.1 cm³/mol. The summed E-state index contributed by atoms with van der Waals surface area (Å²) in [6, 6.07) is 0. The van der Waals surface area contributed by atoms with Crippen molar-refractivity contribution in [1.82, 2.24) is 0 Å². The topological polar surface area (TPSA) is 0 Å². The summed E-state index contributed by atoms with van der Waals surface area (Å²) in [7, 11) is 0. The van der Waals surface area contributed by atoms with Crippen molar-refractivity contribution in [3.63, 3.8) is 0 Å². The van der Waals surface area contributed by atoms with Gasteiger partial charge in [0.25, 0.3) is 0 Å². The van der Waals surface area contributed by atoms with Crippen LogP contribution in [0.4, 0.5) is 0 Å². The van der Waals surface area contributed by atoms with Gasteiger partial charge in [0.1, 0.15) is 0 Å². The molecule has 0 heterocycles. The molecule has 0 amide bonds. The Kier molecular flexibility index (Phi) is 4.57. The van der Waals surface area contributed by atoms with Crippen LogP contribution < -0.4 is 0 Å². The second kappa shape index (κ2) is 6.38. The zero-order chi connectivity index (χ0) is 16.1. The van der Waals surface area contributed by atoms with Gasteiger partial charge in [-0.15, -0.1) is 0 Å². The van der Waals surface area contributed by atoms with Crippen LogP contribution in [0.25, 0.3) is 0 Å². The Bertz CT molecular complexity index is 398. The van der Waals surface area contributed by atoms with Crippen LogP contribution in [0, 0.1) is 59.2 Å². The molecular weight excluding hydrogens is 276 g/mol. The fourth-order valence-electron chi connectivity index (χ4n) is 8.02. The molecule has 0 aromatic carbocycles. The molecule has 9 atom stereocenters. The van der Waals surface area contributed by atoms with Crippen LogP contribution in [0.2, 0.25) is 0 Å². The molecule has 0 aliphatic heterocycles. The van der Waals surface area contributed by atoms with Gasteiger partial charge in [0, 0.05) is 0 Å². The molecule has 4 saturated carbocycles. The van der Waals surface area contributed by atoms with Gasteiger partial charge in [-0.2, -0.15) is 0 Å². The minimum Gasteiger partial charge on any atom is -0.0620 e. The quantitative estimate of drug-likeness (QED) is 0.526. The van der Waals surface area contributed by atoms with Crippen LogP contribution in [0.5, 0.6) is 0 Å². The lowest BCUT2D eigenvalue weighted by atomic mass is 9.61. The summed E-state index contributed by atoms with van der Waals surface area (Å²) in [4.78, 5) is 0. The highest BCUT2D eigenvalue weighted by molar-refractivity contribution is 4.98. The first-order chi connectivity index (χ1) is 11.1. The van der Waals surface area contributed by atoms with Gasteiger partial charge < -0.3 is 0 Å². The van der Waals surface area contributed by atoms with E-state index in [-0.39, 0.29) is 0 Å². The maximum absolute atomic E-state index is 2.57. The Hall–Kier alpha value is 0. The van der Waals surface area contributed by atoms with Crippen LogP contribution in [-0.2, 0) is 0 Å². The van der Waals surface area contributed by atoms with Crippen molar-refractivity contribution in [2.45, 2.75) is 85.5 Å². The summed E-state index contributed by atoms with van der Waals surface area (Å²) in [5.74, 6) is 10.5. The SMILES string of the molecule is CC1C(C)C(C)C(CC2CCC3C4CCCCC4CCC23)C1C. The first-order valence-electron chi connectivity index (χ1n) is 11.1. The van der Waals surface area contributed by atoms with E-state index in [1.807, 2.05) is 0 Å². The highest BCUT2D eigenvalue weighted by atomic mass is 14.5. The molecule has 0 N–H and O–H groups in total. The zero-order valence-corrected chi connectivity index (χ0v) is 16.1. The average molecular weight is 317 g/mol. The standard InChI is InChI=1S/C23H40/c1-14-15(2)17(4)23(16(14)3)13-19-10-12-22-20-8-6-5-7-18(20)9-11-21(19)22/h14-23H,5-13H2,1-4H3. The van der Waals surface area contributed by atoms with Gasteiger partial charge in [0.2, 0.25) is 0 Å². The molecule has 0 spiro atoms. The molecular formula is C23H40. The van der Waals surface area contributed by atoms with E-state index in [0.29, 0.717) is 0 Å². The van der Waals surface area contributed by atoms with Crippen LogP contribution in [0.3, 0.4) is 0 Å². The molecule has 4 fully saturated rings. The third-order valence-corrected chi connectivity index (χ3v) is 9.83. The Balaban J connectivity index is 1.43. The van der Waals surface area contributed by atoms with E-state index >= 15 is 0 Å². The maximum atomic E-state index is 2.57. The zero-order valence-electron chi connectivity index (χ0n) is 16.1. The summed E-state index contributed by atoms with van der Waals surface area (Å²) in [6.07, 6.45) is 14.2. The van der Waals surface area contributed by atoms with Gasteiger partial charge >= 0.3 is 0 Å². The van der Waals surface area contributed by atoms with Crippen molar-refractivity contribution in [1.29, 1.82) is 0 Å². The molecule has 0 nitrogen and oxygen atoms in total. The molecule has 0 saturated heterocycles. The van der Waals surface area contributed by atoms with Crippen molar-refractivity contribution >= 4 is 0 Å².